The summed E-state index contributed by atoms with van der Waals surface area (Å²) in [5, 5.41) is 2.70. The van der Waals surface area contributed by atoms with Gasteiger partial charge in [0.15, 0.2) is 11.6 Å². The molecule has 5 heteroatoms. The fourth-order valence-electron chi connectivity index (χ4n) is 2.61. The van der Waals surface area contributed by atoms with Gasteiger partial charge in [-0.1, -0.05) is 12.1 Å². The molecule has 1 nitrogen and oxygen atoms in total. The lowest BCUT2D eigenvalue weighted by Gasteiger charge is -2.16. The summed E-state index contributed by atoms with van der Waals surface area (Å²) in [6, 6.07) is 5.50. The van der Waals surface area contributed by atoms with Crippen LogP contribution in [0.5, 0.6) is 0 Å². The highest BCUT2D eigenvalue weighted by Crippen LogP contribution is 2.36. The number of hydrogen-bond acceptors (Lipinski definition) is 1. The molecule has 3 rings (SSSR count). The second kappa shape index (κ2) is 4.81. The molecule has 0 aromatic heterocycles. The summed E-state index contributed by atoms with van der Waals surface area (Å²) in [5.41, 5.74) is 0.870. The molecule has 0 fully saturated rings. The monoisotopic (exact) mass is 281 g/mol. The molecule has 0 bridgehead atoms. The largest absolute Gasteiger partial charge is 0.373 e. The van der Waals surface area contributed by atoms with Crippen molar-refractivity contribution in [2.75, 3.05) is 5.32 Å². The highest BCUT2D eigenvalue weighted by molar-refractivity contribution is 5.50. The maximum Gasteiger partial charge on any atom is 0.152 e. The highest BCUT2D eigenvalue weighted by atomic mass is 19.1. The summed E-state index contributed by atoms with van der Waals surface area (Å²) in [4.78, 5) is 0. The van der Waals surface area contributed by atoms with Gasteiger partial charge in [0.25, 0.3) is 0 Å². The van der Waals surface area contributed by atoms with Crippen LogP contribution in [0.3, 0.4) is 0 Å². The first-order valence-corrected chi connectivity index (χ1v) is 6.24. The Balaban J connectivity index is 1.94. The number of halogens is 4. The van der Waals surface area contributed by atoms with Crippen molar-refractivity contribution >= 4 is 5.69 Å². The minimum Gasteiger partial charge on any atom is -0.373 e. The van der Waals surface area contributed by atoms with Gasteiger partial charge in [0.05, 0.1) is 6.04 Å². The van der Waals surface area contributed by atoms with Crippen molar-refractivity contribution in [2.45, 2.75) is 18.9 Å². The van der Waals surface area contributed by atoms with Crippen LogP contribution in [0.4, 0.5) is 23.2 Å². The molecule has 2 aromatic rings. The number of anilines is 1. The van der Waals surface area contributed by atoms with Crippen LogP contribution in [0, 0.1) is 23.3 Å². The summed E-state index contributed by atoms with van der Waals surface area (Å²) in [5.74, 6) is -3.27. The fourth-order valence-corrected chi connectivity index (χ4v) is 2.61. The van der Waals surface area contributed by atoms with Gasteiger partial charge in [-0.05, 0) is 30.0 Å². The Kier molecular flexibility index (Phi) is 3.12. The van der Waals surface area contributed by atoms with Gasteiger partial charge in [0.1, 0.15) is 17.3 Å². The van der Waals surface area contributed by atoms with E-state index in [0.29, 0.717) is 36.1 Å². The summed E-state index contributed by atoms with van der Waals surface area (Å²) in [6.45, 7) is 0. The predicted octanol–water partition coefficient (Wildman–Crippen LogP) is 4.34. The van der Waals surface area contributed by atoms with Crippen LogP contribution in [0.2, 0.25) is 0 Å². The zero-order chi connectivity index (χ0) is 14.3. The second-order valence-electron chi connectivity index (χ2n) is 4.79. The number of benzene rings is 2. The summed E-state index contributed by atoms with van der Waals surface area (Å²) < 4.78 is 53.7. The van der Waals surface area contributed by atoms with Crippen molar-refractivity contribution in [3.8, 4) is 0 Å². The van der Waals surface area contributed by atoms with Crippen molar-refractivity contribution in [1.82, 2.24) is 0 Å². The molecule has 0 heterocycles. The van der Waals surface area contributed by atoms with Crippen molar-refractivity contribution in [1.29, 1.82) is 0 Å². The van der Waals surface area contributed by atoms with Crippen LogP contribution in [0.15, 0.2) is 30.3 Å². The molecule has 0 amide bonds. The predicted molar refractivity (Wildman–Crippen MR) is 67.4 cm³/mol. The van der Waals surface area contributed by atoms with Gasteiger partial charge < -0.3 is 5.32 Å². The fraction of sp³-hybridized carbons (Fsp3) is 0.200. The van der Waals surface area contributed by atoms with Crippen LogP contribution < -0.4 is 5.32 Å². The van der Waals surface area contributed by atoms with E-state index in [4.69, 9.17) is 0 Å². The maximum atomic E-state index is 13.6. The minimum atomic E-state index is -0.993. The number of hydrogen-bond donors (Lipinski definition) is 1. The van der Waals surface area contributed by atoms with Gasteiger partial charge in [-0.15, -0.1) is 0 Å². The van der Waals surface area contributed by atoms with Gasteiger partial charge in [0.2, 0.25) is 0 Å². The quantitative estimate of drug-likeness (QED) is 0.807. The molecule has 0 saturated carbocycles. The topological polar surface area (TPSA) is 12.0 Å². The lowest BCUT2D eigenvalue weighted by molar-refractivity contribution is 0.544. The second-order valence-corrected chi connectivity index (χ2v) is 4.79. The molecule has 2 aromatic carbocycles. The maximum absolute atomic E-state index is 13.6. The van der Waals surface area contributed by atoms with E-state index >= 15 is 0 Å². The zero-order valence-corrected chi connectivity index (χ0v) is 10.4. The molecule has 1 aliphatic rings. The van der Waals surface area contributed by atoms with Crippen LogP contribution in [-0.2, 0) is 6.42 Å². The Hall–Kier alpha value is -2.04. The molecule has 1 atom stereocenters. The molecule has 0 saturated heterocycles. The number of nitrogens with one attached hydrogen (secondary N) is 1. The van der Waals surface area contributed by atoms with E-state index in [-0.39, 0.29) is 17.5 Å². The summed E-state index contributed by atoms with van der Waals surface area (Å²) >= 11 is 0. The van der Waals surface area contributed by atoms with Crippen LogP contribution in [0.1, 0.15) is 23.6 Å². The number of rotatable bonds is 2. The summed E-state index contributed by atoms with van der Waals surface area (Å²) in [6.07, 6.45) is 1.04. The standard InChI is InChI=1S/C15H11F4N/c16-8-6-12(18)15(13(19)7-8)20-14-5-4-9-10(14)2-1-3-11(9)17/h1-3,6-7,14,20H,4-5H2. The van der Waals surface area contributed by atoms with E-state index in [1.807, 2.05) is 0 Å². The third kappa shape index (κ3) is 2.13. The van der Waals surface area contributed by atoms with Crippen molar-refractivity contribution < 1.29 is 17.6 Å². The molecule has 0 radical (unpaired) electrons. The smallest absolute Gasteiger partial charge is 0.152 e. The average Bonchev–Trinajstić information content (AvgIpc) is 2.78. The highest BCUT2D eigenvalue weighted by Gasteiger charge is 2.26. The van der Waals surface area contributed by atoms with Crippen molar-refractivity contribution in [2.24, 2.45) is 0 Å². The average molecular weight is 281 g/mol. The van der Waals surface area contributed by atoms with E-state index in [2.05, 4.69) is 5.32 Å². The molecular weight excluding hydrogens is 270 g/mol. The Morgan fingerprint density at radius 2 is 1.65 bits per heavy atom. The van der Waals surface area contributed by atoms with Gasteiger partial charge in [0, 0.05) is 12.1 Å². The molecule has 0 spiro atoms. The van der Waals surface area contributed by atoms with Gasteiger partial charge >= 0.3 is 0 Å². The van der Waals surface area contributed by atoms with E-state index in [0.717, 1.165) is 0 Å². The minimum absolute atomic E-state index is 0.313. The molecule has 1 N–H and O–H groups in total. The Bertz CT molecular complexity index is 646. The van der Waals surface area contributed by atoms with Gasteiger partial charge in [-0.2, -0.15) is 0 Å². The Morgan fingerprint density at radius 3 is 2.35 bits per heavy atom. The first-order chi connectivity index (χ1) is 9.56. The third-order valence-electron chi connectivity index (χ3n) is 3.54. The van der Waals surface area contributed by atoms with Gasteiger partial charge in [-0.25, -0.2) is 17.6 Å². The van der Waals surface area contributed by atoms with Crippen LogP contribution >= 0.6 is 0 Å². The molecule has 1 unspecified atom stereocenters. The molecule has 104 valence electrons. The van der Waals surface area contributed by atoms with Gasteiger partial charge in [-0.3, -0.25) is 0 Å². The van der Waals surface area contributed by atoms with Crippen LogP contribution in [0.25, 0.3) is 0 Å². The van der Waals surface area contributed by atoms with E-state index in [1.165, 1.54) is 6.07 Å². The molecule has 0 aliphatic heterocycles. The Labute approximate surface area is 113 Å². The lowest BCUT2D eigenvalue weighted by atomic mass is 10.1. The zero-order valence-electron chi connectivity index (χ0n) is 10.4. The molecule has 20 heavy (non-hydrogen) atoms. The van der Waals surface area contributed by atoms with Crippen LogP contribution in [-0.4, -0.2) is 0 Å². The molecular formula is C15H11F4N. The first kappa shape index (κ1) is 13.0. The van der Waals surface area contributed by atoms with E-state index in [9.17, 15) is 17.6 Å². The lowest BCUT2D eigenvalue weighted by Crippen LogP contribution is -2.10. The number of fused-ring (bicyclic) bond motifs is 1. The first-order valence-electron chi connectivity index (χ1n) is 6.24. The third-order valence-corrected chi connectivity index (χ3v) is 3.54. The normalized spacial score (nSPS) is 17.1. The molecule has 1 aliphatic carbocycles. The van der Waals surface area contributed by atoms with Crippen molar-refractivity contribution in [3.05, 3.63) is 64.7 Å². The van der Waals surface area contributed by atoms with E-state index < -0.39 is 17.5 Å². The Morgan fingerprint density at radius 1 is 0.950 bits per heavy atom. The summed E-state index contributed by atoms with van der Waals surface area (Å²) in [7, 11) is 0. The SMILES string of the molecule is Fc1cc(F)c(NC2CCc3c(F)cccc32)c(F)c1. The van der Waals surface area contributed by atoms with E-state index in [1.54, 1.807) is 12.1 Å². The van der Waals surface area contributed by atoms with Crippen molar-refractivity contribution in [3.63, 3.8) is 0 Å².